The van der Waals surface area contributed by atoms with Gasteiger partial charge in [0.15, 0.2) is 0 Å². The van der Waals surface area contributed by atoms with Crippen LogP contribution >= 0.6 is 0 Å². The quantitative estimate of drug-likeness (QED) is 0.468. The Morgan fingerprint density at radius 3 is 2.25 bits per heavy atom. The molecule has 3 N–H and O–H groups in total. The number of rotatable bonds is 9. The van der Waals surface area contributed by atoms with Crippen LogP contribution in [0.25, 0.3) is 0 Å². The number of benzene rings is 2. The Morgan fingerprint density at radius 1 is 1.08 bits per heavy atom. The Balaban J connectivity index is 2.38. The number of methoxy groups -OCH3 is 1. The smallest absolute Gasteiger partial charge is 0.408 e. The van der Waals surface area contributed by atoms with Gasteiger partial charge < -0.3 is 30.1 Å². The van der Waals surface area contributed by atoms with Gasteiger partial charge >= 0.3 is 6.09 Å². The average molecular weight is 500 g/mol. The van der Waals surface area contributed by atoms with Crippen LogP contribution in [-0.4, -0.2) is 53.7 Å². The van der Waals surface area contributed by atoms with Crippen molar-refractivity contribution in [3.8, 4) is 11.5 Å². The predicted molar refractivity (Wildman–Crippen MR) is 138 cm³/mol. The first kappa shape index (κ1) is 28.5. The lowest BCUT2D eigenvalue weighted by Crippen LogP contribution is -2.53. The third-order valence-corrected chi connectivity index (χ3v) is 5.68. The topological polar surface area (TPSA) is 117 Å². The van der Waals surface area contributed by atoms with E-state index in [4.69, 9.17) is 9.47 Å². The number of aromatic hydroxyl groups is 1. The van der Waals surface area contributed by atoms with Gasteiger partial charge in [-0.3, -0.25) is 9.59 Å². The number of alkyl carbamates (subject to hydrolysis) is 1. The van der Waals surface area contributed by atoms with E-state index in [1.54, 1.807) is 64.3 Å². The van der Waals surface area contributed by atoms with Gasteiger partial charge in [-0.15, -0.1) is 0 Å². The number of phenols is 1. The second kappa shape index (κ2) is 12.3. The molecule has 9 heteroatoms. The zero-order valence-corrected chi connectivity index (χ0v) is 22.0. The van der Waals surface area contributed by atoms with Crippen LogP contribution in [0.15, 0.2) is 48.5 Å². The third-order valence-electron chi connectivity index (χ3n) is 5.68. The van der Waals surface area contributed by atoms with Crippen molar-refractivity contribution in [2.24, 2.45) is 5.92 Å². The maximum Gasteiger partial charge on any atom is 0.408 e. The number of anilines is 1. The van der Waals surface area contributed by atoms with Crippen molar-refractivity contribution in [1.82, 2.24) is 10.2 Å². The summed E-state index contributed by atoms with van der Waals surface area (Å²) in [6.45, 7) is 8.96. The van der Waals surface area contributed by atoms with E-state index in [-0.39, 0.29) is 11.7 Å². The summed E-state index contributed by atoms with van der Waals surface area (Å²) in [5, 5.41) is 15.5. The number of carbonyl (C=O) groups is 3. The lowest BCUT2D eigenvalue weighted by atomic mass is 9.96. The van der Waals surface area contributed by atoms with Crippen LogP contribution in [0.3, 0.4) is 0 Å². The van der Waals surface area contributed by atoms with Crippen molar-refractivity contribution in [2.45, 2.75) is 58.7 Å². The largest absolute Gasteiger partial charge is 0.508 e. The molecule has 9 nitrogen and oxygen atoms in total. The van der Waals surface area contributed by atoms with Crippen LogP contribution in [0, 0.1) is 5.92 Å². The molecule has 0 fully saturated rings. The number of ether oxygens (including phenoxy) is 2. The fourth-order valence-electron chi connectivity index (χ4n) is 3.59. The molecule has 2 rings (SSSR count). The lowest BCUT2D eigenvalue weighted by Gasteiger charge is -2.33. The Morgan fingerprint density at radius 2 is 1.72 bits per heavy atom. The number of nitrogens with one attached hydrogen (secondary N) is 2. The van der Waals surface area contributed by atoms with Gasteiger partial charge in [0.25, 0.3) is 5.91 Å². The Kier molecular flexibility index (Phi) is 9.72. The molecule has 3 unspecified atom stereocenters. The summed E-state index contributed by atoms with van der Waals surface area (Å²) in [5.74, 6) is -0.590. The molecule has 0 aromatic heterocycles. The molecule has 0 radical (unpaired) electrons. The van der Waals surface area contributed by atoms with Crippen molar-refractivity contribution >= 4 is 23.6 Å². The molecule has 2 aromatic rings. The van der Waals surface area contributed by atoms with E-state index in [9.17, 15) is 19.5 Å². The van der Waals surface area contributed by atoms with Crippen LogP contribution < -0.4 is 15.4 Å². The number of carbonyl (C=O) groups excluding carboxylic acids is 3. The first-order chi connectivity index (χ1) is 16.9. The maximum absolute atomic E-state index is 13.7. The second-order valence-electron chi connectivity index (χ2n) is 9.67. The first-order valence-electron chi connectivity index (χ1n) is 11.9. The monoisotopic (exact) mass is 499 g/mol. The standard InChI is InChI=1S/C27H37N3O6/c1-8-17(2)22(29-26(34)36-27(3,4)5)25(33)30(6)23(18-10-9-11-20(31)16-18)24(32)28-19-12-14-21(35-7)15-13-19/h9-17,22-23,31H,8H2,1-7H3,(H,28,32)(H,29,34). The number of likely N-dealkylation sites (N-methyl/N-ethyl adjacent to an activating group) is 1. The average Bonchev–Trinajstić information content (AvgIpc) is 2.81. The summed E-state index contributed by atoms with van der Waals surface area (Å²) < 4.78 is 10.5. The summed E-state index contributed by atoms with van der Waals surface area (Å²) in [7, 11) is 3.04. The van der Waals surface area contributed by atoms with Gasteiger partial charge in [-0.05, 0) is 68.7 Å². The molecular formula is C27H37N3O6. The molecule has 3 amide bonds. The van der Waals surface area contributed by atoms with Crippen LogP contribution in [0.2, 0.25) is 0 Å². The Hall–Kier alpha value is -3.75. The van der Waals surface area contributed by atoms with E-state index in [0.29, 0.717) is 23.4 Å². The zero-order valence-electron chi connectivity index (χ0n) is 22.0. The molecule has 0 saturated heterocycles. The van der Waals surface area contributed by atoms with Crippen molar-refractivity contribution in [3.63, 3.8) is 0 Å². The van der Waals surface area contributed by atoms with E-state index >= 15 is 0 Å². The highest BCUT2D eigenvalue weighted by molar-refractivity contribution is 5.99. The van der Waals surface area contributed by atoms with Gasteiger partial charge in [-0.25, -0.2) is 4.79 Å². The fraction of sp³-hybridized carbons (Fsp3) is 0.444. The van der Waals surface area contributed by atoms with E-state index in [2.05, 4.69) is 10.6 Å². The summed E-state index contributed by atoms with van der Waals surface area (Å²) in [4.78, 5) is 40.9. The highest BCUT2D eigenvalue weighted by Crippen LogP contribution is 2.27. The number of phenolic OH excluding ortho intramolecular Hbond substituents is 1. The highest BCUT2D eigenvalue weighted by Gasteiger charge is 2.36. The molecule has 36 heavy (non-hydrogen) atoms. The predicted octanol–water partition coefficient (Wildman–Crippen LogP) is 4.48. The molecule has 0 saturated carbocycles. The van der Waals surface area contributed by atoms with E-state index in [0.717, 1.165) is 0 Å². The summed E-state index contributed by atoms with van der Waals surface area (Å²) in [6.07, 6.45) is -0.111. The maximum atomic E-state index is 13.7. The molecular weight excluding hydrogens is 462 g/mol. The number of hydrogen-bond acceptors (Lipinski definition) is 6. The molecule has 0 bridgehead atoms. The third kappa shape index (κ3) is 7.90. The lowest BCUT2D eigenvalue weighted by molar-refractivity contribution is -0.140. The first-order valence-corrected chi connectivity index (χ1v) is 11.9. The van der Waals surface area contributed by atoms with Crippen molar-refractivity contribution in [3.05, 3.63) is 54.1 Å². The number of hydrogen-bond donors (Lipinski definition) is 3. The van der Waals surface area contributed by atoms with Gasteiger partial charge in [0.2, 0.25) is 5.91 Å². The Bertz CT molecular complexity index is 1050. The minimum absolute atomic E-state index is 0.0408. The highest BCUT2D eigenvalue weighted by atomic mass is 16.6. The van der Waals surface area contributed by atoms with Gasteiger partial charge in [0.1, 0.15) is 29.2 Å². The number of nitrogens with zero attached hydrogens (tertiary/aromatic N) is 1. The van der Waals surface area contributed by atoms with Gasteiger partial charge in [-0.2, -0.15) is 0 Å². The Labute approximate surface area is 212 Å². The van der Waals surface area contributed by atoms with Crippen molar-refractivity contribution < 1.29 is 29.0 Å². The minimum Gasteiger partial charge on any atom is -0.508 e. The van der Waals surface area contributed by atoms with E-state index in [1.807, 2.05) is 13.8 Å². The number of amides is 3. The molecule has 0 aliphatic heterocycles. The van der Waals surface area contributed by atoms with Crippen LogP contribution in [0.1, 0.15) is 52.6 Å². The molecule has 0 aliphatic carbocycles. The molecule has 196 valence electrons. The summed E-state index contributed by atoms with van der Waals surface area (Å²) in [5.41, 5.74) is 0.190. The molecule has 2 aromatic carbocycles. The summed E-state index contributed by atoms with van der Waals surface area (Å²) >= 11 is 0. The fourth-order valence-corrected chi connectivity index (χ4v) is 3.59. The van der Waals surface area contributed by atoms with E-state index in [1.165, 1.54) is 24.1 Å². The molecule has 0 heterocycles. The van der Waals surface area contributed by atoms with Crippen molar-refractivity contribution in [2.75, 3.05) is 19.5 Å². The van der Waals surface area contributed by atoms with Gasteiger partial charge in [0, 0.05) is 12.7 Å². The summed E-state index contributed by atoms with van der Waals surface area (Å²) in [6, 6.07) is 10.9. The zero-order chi connectivity index (χ0) is 27.0. The van der Waals surface area contributed by atoms with Gasteiger partial charge in [-0.1, -0.05) is 32.4 Å². The minimum atomic E-state index is -1.08. The van der Waals surface area contributed by atoms with E-state index < -0.39 is 35.6 Å². The van der Waals surface area contributed by atoms with Crippen LogP contribution in [0.4, 0.5) is 10.5 Å². The second-order valence-corrected chi connectivity index (χ2v) is 9.67. The van der Waals surface area contributed by atoms with Gasteiger partial charge in [0.05, 0.1) is 7.11 Å². The molecule has 0 spiro atoms. The van der Waals surface area contributed by atoms with Crippen LogP contribution in [0.5, 0.6) is 11.5 Å². The molecule has 0 aliphatic rings. The van der Waals surface area contributed by atoms with Crippen molar-refractivity contribution in [1.29, 1.82) is 0 Å². The normalized spacial score (nSPS) is 13.6. The van der Waals surface area contributed by atoms with Crippen LogP contribution in [-0.2, 0) is 14.3 Å². The SMILES string of the molecule is CCC(C)C(NC(=O)OC(C)(C)C)C(=O)N(C)C(C(=O)Nc1ccc(OC)cc1)c1cccc(O)c1. The molecule has 3 atom stereocenters.